The molecule has 0 atom stereocenters. The molecule has 0 bridgehead atoms. The number of carbonyl (C=O) groups excluding carboxylic acids is 2. The molecule has 1 aliphatic rings. The van der Waals surface area contributed by atoms with Crippen LogP contribution in [0.3, 0.4) is 0 Å². The molecule has 0 spiro atoms. The van der Waals surface area contributed by atoms with Gasteiger partial charge in [0.2, 0.25) is 11.8 Å². The Kier molecular flexibility index (Phi) is 6.74. The molecule has 2 amide bonds. The summed E-state index contributed by atoms with van der Waals surface area (Å²) in [4.78, 5) is 30.6. The lowest BCUT2D eigenvalue weighted by atomic mass is 10.1. The van der Waals surface area contributed by atoms with E-state index in [2.05, 4.69) is 10.3 Å². The van der Waals surface area contributed by atoms with Crippen LogP contribution in [0.4, 0.5) is 10.8 Å². The maximum Gasteiger partial charge on any atom is 0.250 e. The first kappa shape index (κ1) is 22.5. The highest BCUT2D eigenvalue weighted by molar-refractivity contribution is 7.14. The number of fused-ring (bicyclic) bond motifs is 1. The maximum absolute atomic E-state index is 12.4. The molecule has 33 heavy (non-hydrogen) atoms. The molecule has 0 unspecified atom stereocenters. The fourth-order valence-corrected chi connectivity index (χ4v) is 4.43. The Morgan fingerprint density at radius 1 is 1.21 bits per heavy atom. The van der Waals surface area contributed by atoms with Crippen molar-refractivity contribution < 1.29 is 19.1 Å². The van der Waals surface area contributed by atoms with E-state index in [4.69, 9.17) is 9.47 Å². The van der Waals surface area contributed by atoms with Crippen LogP contribution in [0.15, 0.2) is 47.9 Å². The van der Waals surface area contributed by atoms with Crippen molar-refractivity contribution >= 4 is 40.0 Å². The second-order valence-corrected chi connectivity index (χ2v) is 8.33. The third kappa shape index (κ3) is 5.06. The van der Waals surface area contributed by atoms with Gasteiger partial charge in [0, 0.05) is 36.2 Å². The van der Waals surface area contributed by atoms with E-state index >= 15 is 0 Å². The number of rotatable bonds is 7. The van der Waals surface area contributed by atoms with Crippen molar-refractivity contribution in [3.63, 3.8) is 0 Å². The third-order valence-electron chi connectivity index (χ3n) is 5.31. The summed E-state index contributed by atoms with van der Waals surface area (Å²) in [5.41, 5.74) is 4.59. The van der Waals surface area contributed by atoms with Crippen molar-refractivity contribution in [3.05, 3.63) is 59.0 Å². The van der Waals surface area contributed by atoms with Gasteiger partial charge in [-0.3, -0.25) is 14.9 Å². The molecule has 7 nitrogen and oxygen atoms in total. The van der Waals surface area contributed by atoms with E-state index in [-0.39, 0.29) is 11.8 Å². The molecular weight excluding hydrogens is 438 g/mol. The van der Waals surface area contributed by atoms with Crippen LogP contribution in [0.25, 0.3) is 17.3 Å². The van der Waals surface area contributed by atoms with Crippen LogP contribution in [0, 0.1) is 0 Å². The molecule has 0 saturated heterocycles. The van der Waals surface area contributed by atoms with Crippen molar-refractivity contribution in [2.45, 2.75) is 20.3 Å². The summed E-state index contributed by atoms with van der Waals surface area (Å²) in [6, 6.07) is 11.5. The average molecular weight is 464 g/mol. The van der Waals surface area contributed by atoms with E-state index in [0.717, 1.165) is 34.5 Å². The van der Waals surface area contributed by atoms with E-state index in [9.17, 15) is 9.59 Å². The van der Waals surface area contributed by atoms with Crippen molar-refractivity contribution in [2.75, 3.05) is 30.5 Å². The van der Waals surface area contributed by atoms with Gasteiger partial charge >= 0.3 is 0 Å². The Bertz CT molecular complexity index is 1220. The maximum atomic E-state index is 12.4. The van der Waals surface area contributed by atoms with E-state index in [0.29, 0.717) is 29.8 Å². The Labute approximate surface area is 196 Å². The standard InChI is InChI=1S/C25H25N3O4S/c1-4-32-22-9-5-17(13-23(22)31-3)6-10-24(30)27-25-26-20(15-33-25)19-8-7-18-11-12-28(16(2)29)21(18)14-19/h5-10,13-15H,4,11-12H2,1-3H3,(H,26,27,30)/b10-6+. The molecule has 0 saturated carbocycles. The van der Waals surface area contributed by atoms with Crippen LogP contribution >= 0.6 is 11.3 Å². The molecule has 170 valence electrons. The van der Waals surface area contributed by atoms with Gasteiger partial charge in [-0.05, 0) is 48.7 Å². The summed E-state index contributed by atoms with van der Waals surface area (Å²) in [5.74, 6) is 1.03. The SMILES string of the molecule is CCOc1ccc(/C=C/C(=O)Nc2nc(-c3ccc4c(c3)N(C(C)=O)CC4)cs2)cc1OC. The number of ether oxygens (including phenoxy) is 2. The molecule has 0 fully saturated rings. The molecule has 0 aliphatic carbocycles. The van der Waals surface area contributed by atoms with Crippen LogP contribution in [-0.4, -0.2) is 37.1 Å². The summed E-state index contributed by atoms with van der Waals surface area (Å²) in [6.45, 7) is 4.74. The summed E-state index contributed by atoms with van der Waals surface area (Å²) in [5, 5.41) is 5.20. The second-order valence-electron chi connectivity index (χ2n) is 7.47. The predicted molar refractivity (Wildman–Crippen MR) is 131 cm³/mol. The smallest absolute Gasteiger partial charge is 0.250 e. The fourth-order valence-electron chi connectivity index (χ4n) is 3.71. The first-order chi connectivity index (χ1) is 16.0. The minimum absolute atomic E-state index is 0.0362. The lowest BCUT2D eigenvalue weighted by Gasteiger charge is -2.15. The number of hydrogen-bond acceptors (Lipinski definition) is 6. The molecule has 1 N–H and O–H groups in total. The van der Waals surface area contributed by atoms with Crippen LogP contribution in [0.1, 0.15) is 25.0 Å². The highest BCUT2D eigenvalue weighted by Crippen LogP contribution is 2.34. The fraction of sp³-hybridized carbons (Fsp3) is 0.240. The number of nitrogens with one attached hydrogen (secondary N) is 1. The zero-order valence-electron chi connectivity index (χ0n) is 18.8. The van der Waals surface area contributed by atoms with Gasteiger partial charge in [0.15, 0.2) is 16.6 Å². The second kappa shape index (κ2) is 9.87. The van der Waals surface area contributed by atoms with Gasteiger partial charge in [-0.15, -0.1) is 11.3 Å². The molecule has 0 radical (unpaired) electrons. The number of nitrogens with zero attached hydrogens (tertiary/aromatic N) is 2. The normalized spacial score (nSPS) is 12.6. The third-order valence-corrected chi connectivity index (χ3v) is 6.06. The molecule has 2 aromatic carbocycles. The zero-order valence-corrected chi connectivity index (χ0v) is 19.6. The minimum Gasteiger partial charge on any atom is -0.493 e. The molecule has 2 heterocycles. The molecule has 8 heteroatoms. The summed E-state index contributed by atoms with van der Waals surface area (Å²) in [7, 11) is 1.58. The predicted octanol–water partition coefficient (Wildman–Crippen LogP) is 4.78. The number of carbonyl (C=O) groups is 2. The topological polar surface area (TPSA) is 80.8 Å². The zero-order chi connectivity index (χ0) is 23.4. The van der Waals surface area contributed by atoms with Crippen molar-refractivity contribution in [1.29, 1.82) is 0 Å². The monoisotopic (exact) mass is 463 g/mol. The summed E-state index contributed by atoms with van der Waals surface area (Å²) in [6.07, 6.45) is 4.02. The van der Waals surface area contributed by atoms with Gasteiger partial charge in [0.05, 0.1) is 19.4 Å². The molecule has 4 rings (SSSR count). The highest BCUT2D eigenvalue weighted by atomic mass is 32.1. The van der Waals surface area contributed by atoms with E-state index in [1.807, 2.05) is 48.7 Å². The van der Waals surface area contributed by atoms with Crippen molar-refractivity contribution in [2.24, 2.45) is 0 Å². The quantitative estimate of drug-likeness (QED) is 0.510. The van der Waals surface area contributed by atoms with Gasteiger partial charge in [0.1, 0.15) is 0 Å². The first-order valence-electron chi connectivity index (χ1n) is 10.6. The van der Waals surface area contributed by atoms with Crippen molar-refractivity contribution in [1.82, 2.24) is 4.98 Å². The molecular formula is C25H25N3O4S. The highest BCUT2D eigenvalue weighted by Gasteiger charge is 2.22. The minimum atomic E-state index is -0.277. The van der Waals surface area contributed by atoms with Gasteiger partial charge < -0.3 is 14.4 Å². The van der Waals surface area contributed by atoms with Crippen molar-refractivity contribution in [3.8, 4) is 22.8 Å². The molecule has 1 aromatic heterocycles. The Hall–Kier alpha value is -3.65. The number of aromatic nitrogens is 1. The number of thiazole rings is 1. The Balaban J connectivity index is 1.43. The molecule has 3 aromatic rings. The van der Waals surface area contributed by atoms with Crippen LogP contribution in [-0.2, 0) is 16.0 Å². The van der Waals surface area contributed by atoms with Gasteiger partial charge in [-0.25, -0.2) is 4.98 Å². The van der Waals surface area contributed by atoms with Gasteiger partial charge in [0.25, 0.3) is 0 Å². The van der Waals surface area contributed by atoms with Crippen LogP contribution < -0.4 is 19.7 Å². The summed E-state index contributed by atoms with van der Waals surface area (Å²) < 4.78 is 10.9. The van der Waals surface area contributed by atoms with Gasteiger partial charge in [-0.2, -0.15) is 0 Å². The van der Waals surface area contributed by atoms with Gasteiger partial charge in [-0.1, -0.05) is 18.2 Å². The first-order valence-corrected chi connectivity index (χ1v) is 11.5. The Morgan fingerprint density at radius 3 is 2.82 bits per heavy atom. The average Bonchev–Trinajstić information content (AvgIpc) is 3.45. The number of benzene rings is 2. The number of amides is 2. The number of hydrogen-bond donors (Lipinski definition) is 1. The van der Waals surface area contributed by atoms with Crippen LogP contribution in [0.2, 0.25) is 0 Å². The van der Waals surface area contributed by atoms with E-state index in [1.54, 1.807) is 25.0 Å². The number of methoxy groups -OCH3 is 1. The Morgan fingerprint density at radius 2 is 2.06 bits per heavy atom. The lowest BCUT2D eigenvalue weighted by Crippen LogP contribution is -2.25. The lowest BCUT2D eigenvalue weighted by molar-refractivity contribution is -0.116. The number of anilines is 2. The largest absolute Gasteiger partial charge is 0.493 e. The van der Waals surface area contributed by atoms with Crippen LogP contribution in [0.5, 0.6) is 11.5 Å². The molecule has 1 aliphatic heterocycles. The van der Waals surface area contributed by atoms with E-state index in [1.165, 1.54) is 17.4 Å². The van der Waals surface area contributed by atoms with E-state index < -0.39 is 0 Å². The summed E-state index contributed by atoms with van der Waals surface area (Å²) >= 11 is 1.35.